The van der Waals surface area contributed by atoms with Gasteiger partial charge in [-0.3, -0.25) is 0 Å². The number of fused-ring (bicyclic) bond motifs is 1. The van der Waals surface area contributed by atoms with E-state index in [0.717, 1.165) is 0 Å². The van der Waals surface area contributed by atoms with Crippen molar-refractivity contribution in [2.75, 3.05) is 7.11 Å². The predicted octanol–water partition coefficient (Wildman–Crippen LogP) is 3.79. The summed E-state index contributed by atoms with van der Waals surface area (Å²) < 4.78 is 41.6. The van der Waals surface area contributed by atoms with E-state index in [1.807, 2.05) is 0 Å². The third kappa shape index (κ3) is 2.27. The van der Waals surface area contributed by atoms with Gasteiger partial charge in [0.15, 0.2) is 0 Å². The van der Waals surface area contributed by atoms with E-state index >= 15 is 0 Å². The zero-order chi connectivity index (χ0) is 11.8. The maximum absolute atomic E-state index is 12.2. The number of hydrogen-bond acceptors (Lipinski definition) is 2. The Kier molecular flexibility index (Phi) is 2.75. The lowest BCUT2D eigenvalue weighted by Crippen LogP contribution is -1.98. The molecule has 16 heavy (non-hydrogen) atoms. The number of hydrogen-bond donors (Lipinski definition) is 1. The van der Waals surface area contributed by atoms with Crippen LogP contribution in [0.15, 0.2) is 29.3 Å². The minimum Gasteiger partial charge on any atom is -0.497 e. The van der Waals surface area contributed by atoms with E-state index in [1.165, 1.54) is 13.3 Å². The summed E-state index contributed by atoms with van der Waals surface area (Å²) in [4.78, 5) is 2.96. The number of nitrogens with one attached hydrogen (secondary N) is 1. The molecular formula is C10H8F3NOS. The van der Waals surface area contributed by atoms with Gasteiger partial charge in [0.1, 0.15) is 5.75 Å². The lowest BCUT2D eigenvalue weighted by Gasteiger charge is -2.04. The first-order valence-electron chi connectivity index (χ1n) is 4.40. The van der Waals surface area contributed by atoms with Crippen LogP contribution in [0.2, 0.25) is 0 Å². The molecule has 0 saturated carbocycles. The first-order chi connectivity index (χ1) is 7.49. The number of H-pyrrole nitrogens is 1. The summed E-state index contributed by atoms with van der Waals surface area (Å²) in [7, 11) is 1.51. The number of thioether (sulfide) groups is 1. The summed E-state index contributed by atoms with van der Waals surface area (Å²) >= 11 is -0.122. The summed E-state index contributed by atoms with van der Waals surface area (Å²) in [6.07, 6.45) is 1.35. The van der Waals surface area contributed by atoms with Crippen molar-refractivity contribution in [1.29, 1.82) is 0 Å². The zero-order valence-electron chi connectivity index (χ0n) is 8.26. The van der Waals surface area contributed by atoms with E-state index in [1.54, 1.807) is 18.2 Å². The second kappa shape index (κ2) is 3.93. The van der Waals surface area contributed by atoms with Gasteiger partial charge in [0.25, 0.3) is 0 Å². The molecule has 0 saturated heterocycles. The van der Waals surface area contributed by atoms with Gasteiger partial charge in [-0.25, -0.2) is 0 Å². The molecule has 0 atom stereocenters. The number of aromatic nitrogens is 1. The van der Waals surface area contributed by atoms with Crippen LogP contribution in [0.25, 0.3) is 10.9 Å². The van der Waals surface area contributed by atoms with Crippen LogP contribution in [0.1, 0.15) is 0 Å². The zero-order valence-corrected chi connectivity index (χ0v) is 9.08. The summed E-state index contributed by atoms with van der Waals surface area (Å²) in [5.74, 6) is 0.609. The second-order valence-corrected chi connectivity index (χ2v) is 4.22. The highest BCUT2D eigenvalue weighted by Gasteiger charge is 2.30. The van der Waals surface area contributed by atoms with Gasteiger partial charge >= 0.3 is 5.51 Å². The van der Waals surface area contributed by atoms with Gasteiger partial charge in [0.05, 0.1) is 12.6 Å². The first kappa shape index (κ1) is 11.2. The molecule has 0 bridgehead atoms. The fourth-order valence-corrected chi connectivity index (χ4v) is 2.07. The third-order valence-corrected chi connectivity index (χ3v) is 2.87. The highest BCUT2D eigenvalue weighted by Crippen LogP contribution is 2.40. The van der Waals surface area contributed by atoms with Gasteiger partial charge in [0, 0.05) is 22.5 Å². The van der Waals surface area contributed by atoms with Gasteiger partial charge < -0.3 is 9.72 Å². The van der Waals surface area contributed by atoms with Crippen LogP contribution in [0.5, 0.6) is 5.75 Å². The fourth-order valence-electron chi connectivity index (χ4n) is 1.41. The highest BCUT2D eigenvalue weighted by atomic mass is 32.2. The molecule has 0 aliphatic heterocycles. The maximum Gasteiger partial charge on any atom is 0.446 e. The summed E-state index contributed by atoms with van der Waals surface area (Å²) in [6.45, 7) is 0. The number of methoxy groups -OCH3 is 1. The Balaban J connectivity index is 2.42. The van der Waals surface area contributed by atoms with Gasteiger partial charge in [-0.05, 0) is 23.9 Å². The van der Waals surface area contributed by atoms with Crippen LogP contribution in [0.3, 0.4) is 0 Å². The Morgan fingerprint density at radius 3 is 2.69 bits per heavy atom. The average Bonchev–Trinajstić information content (AvgIpc) is 2.58. The Morgan fingerprint density at radius 1 is 1.31 bits per heavy atom. The Morgan fingerprint density at radius 2 is 2.06 bits per heavy atom. The molecule has 0 amide bonds. The van der Waals surface area contributed by atoms with Crippen molar-refractivity contribution in [2.45, 2.75) is 10.4 Å². The number of aromatic amines is 1. The molecule has 0 aliphatic rings. The molecule has 86 valence electrons. The minimum absolute atomic E-state index is 0.122. The second-order valence-electron chi connectivity index (χ2n) is 3.11. The number of benzene rings is 1. The number of alkyl halides is 3. The Bertz CT molecular complexity index is 506. The van der Waals surface area contributed by atoms with Crippen LogP contribution in [0, 0.1) is 0 Å². The van der Waals surface area contributed by atoms with Gasteiger partial charge in [-0.15, -0.1) is 0 Å². The Hall–Kier alpha value is -1.30. The van der Waals surface area contributed by atoms with E-state index in [9.17, 15) is 13.2 Å². The summed E-state index contributed by atoms with van der Waals surface area (Å²) in [5.41, 5.74) is -3.64. The van der Waals surface area contributed by atoms with E-state index in [2.05, 4.69) is 4.98 Å². The predicted molar refractivity (Wildman–Crippen MR) is 56.8 cm³/mol. The molecule has 1 aromatic carbocycles. The van der Waals surface area contributed by atoms with Crippen molar-refractivity contribution in [1.82, 2.24) is 4.98 Å². The largest absolute Gasteiger partial charge is 0.497 e. The summed E-state index contributed by atoms with van der Waals surface area (Å²) in [6, 6.07) is 4.91. The van der Waals surface area contributed by atoms with Crippen LogP contribution in [-0.2, 0) is 0 Å². The van der Waals surface area contributed by atoms with Gasteiger partial charge in [-0.2, -0.15) is 13.2 Å². The average molecular weight is 247 g/mol. The number of rotatable bonds is 2. The lowest BCUT2D eigenvalue weighted by atomic mass is 10.2. The smallest absolute Gasteiger partial charge is 0.446 e. The molecular weight excluding hydrogens is 239 g/mol. The van der Waals surface area contributed by atoms with E-state index < -0.39 is 5.51 Å². The lowest BCUT2D eigenvalue weighted by molar-refractivity contribution is -0.0327. The van der Waals surface area contributed by atoms with Crippen molar-refractivity contribution < 1.29 is 17.9 Å². The molecule has 1 N–H and O–H groups in total. The highest BCUT2D eigenvalue weighted by molar-refractivity contribution is 8.00. The molecule has 6 heteroatoms. The minimum atomic E-state index is -4.27. The third-order valence-electron chi connectivity index (χ3n) is 2.08. The standard InChI is InChI=1S/C10H8F3NOS/c1-15-6-2-3-7-8(4-6)14-5-9(7)16-10(11,12)13/h2-5,14H,1H3. The van der Waals surface area contributed by atoms with E-state index in [0.29, 0.717) is 16.7 Å². The maximum atomic E-state index is 12.2. The summed E-state index contributed by atoms with van der Waals surface area (Å²) in [5, 5.41) is 0.545. The molecule has 0 radical (unpaired) electrons. The number of halogens is 3. The van der Waals surface area contributed by atoms with E-state index in [4.69, 9.17) is 4.74 Å². The molecule has 0 unspecified atom stereocenters. The number of ether oxygens (including phenoxy) is 1. The van der Waals surface area contributed by atoms with Crippen molar-refractivity contribution >= 4 is 22.7 Å². The molecule has 1 heterocycles. The molecule has 1 aromatic heterocycles. The molecule has 2 rings (SSSR count). The van der Waals surface area contributed by atoms with Crippen LogP contribution in [-0.4, -0.2) is 17.6 Å². The van der Waals surface area contributed by atoms with Crippen molar-refractivity contribution in [2.24, 2.45) is 0 Å². The van der Waals surface area contributed by atoms with Crippen LogP contribution in [0.4, 0.5) is 13.2 Å². The quantitative estimate of drug-likeness (QED) is 0.817. The normalized spacial score (nSPS) is 12.0. The van der Waals surface area contributed by atoms with Gasteiger partial charge in [0.2, 0.25) is 0 Å². The van der Waals surface area contributed by atoms with E-state index in [-0.39, 0.29) is 16.7 Å². The van der Waals surface area contributed by atoms with Gasteiger partial charge in [-0.1, -0.05) is 0 Å². The SMILES string of the molecule is COc1ccc2c(SC(F)(F)F)c[nH]c2c1. The molecule has 0 aliphatic carbocycles. The van der Waals surface area contributed by atoms with Crippen LogP contribution < -0.4 is 4.74 Å². The van der Waals surface area contributed by atoms with Crippen molar-refractivity contribution in [3.8, 4) is 5.75 Å². The monoisotopic (exact) mass is 247 g/mol. The van der Waals surface area contributed by atoms with Crippen molar-refractivity contribution in [3.05, 3.63) is 24.4 Å². The molecule has 0 spiro atoms. The topological polar surface area (TPSA) is 25.0 Å². The fraction of sp³-hybridized carbons (Fsp3) is 0.200. The van der Waals surface area contributed by atoms with Crippen LogP contribution >= 0.6 is 11.8 Å². The first-order valence-corrected chi connectivity index (χ1v) is 5.22. The molecule has 2 nitrogen and oxygen atoms in total. The molecule has 2 aromatic rings. The Labute approximate surface area is 93.8 Å². The van der Waals surface area contributed by atoms with Crippen molar-refractivity contribution in [3.63, 3.8) is 0 Å². The molecule has 0 fully saturated rings.